The molecular weight excluding hydrogens is 360 g/mol. The highest BCUT2D eigenvalue weighted by Gasteiger charge is 2.22. The first-order chi connectivity index (χ1) is 13.5. The van der Waals surface area contributed by atoms with Crippen molar-refractivity contribution in [3.8, 4) is 16.9 Å². The summed E-state index contributed by atoms with van der Waals surface area (Å²) in [5.74, 6) is -0.829. The molecule has 0 radical (unpaired) electrons. The zero-order chi connectivity index (χ0) is 20.1. The Morgan fingerprint density at radius 1 is 0.929 bits per heavy atom. The summed E-state index contributed by atoms with van der Waals surface area (Å²) in [4.78, 5) is 15.0. The Labute approximate surface area is 163 Å². The van der Waals surface area contributed by atoms with Crippen molar-refractivity contribution in [2.24, 2.45) is 0 Å². The van der Waals surface area contributed by atoms with Crippen LogP contribution in [-0.4, -0.2) is 33.7 Å². The Bertz CT molecular complexity index is 927. The highest BCUT2D eigenvalue weighted by molar-refractivity contribution is 5.94. The van der Waals surface area contributed by atoms with Crippen molar-refractivity contribution in [2.45, 2.75) is 26.7 Å². The first-order valence-electron chi connectivity index (χ1n) is 9.44. The van der Waals surface area contributed by atoms with Gasteiger partial charge in [-0.25, -0.2) is 13.5 Å². The number of rotatable bonds is 7. The van der Waals surface area contributed by atoms with Gasteiger partial charge in [0, 0.05) is 18.7 Å². The van der Waals surface area contributed by atoms with E-state index in [4.69, 9.17) is 0 Å². The molecule has 0 bridgehead atoms. The lowest BCUT2D eigenvalue weighted by Crippen LogP contribution is -2.33. The van der Waals surface area contributed by atoms with Gasteiger partial charge >= 0.3 is 0 Å². The highest BCUT2D eigenvalue weighted by Crippen LogP contribution is 2.23. The summed E-state index contributed by atoms with van der Waals surface area (Å²) >= 11 is 0. The van der Waals surface area contributed by atoms with Crippen LogP contribution in [-0.2, 0) is 0 Å². The van der Waals surface area contributed by atoms with Crippen LogP contribution >= 0.6 is 0 Å². The smallest absolute Gasteiger partial charge is 0.272 e. The third-order valence-corrected chi connectivity index (χ3v) is 4.41. The summed E-state index contributed by atoms with van der Waals surface area (Å²) in [6.45, 7) is 5.34. The van der Waals surface area contributed by atoms with Crippen LogP contribution in [0.3, 0.4) is 0 Å². The SMILES string of the molecule is CCCN(CCC)C(=O)c1cc(-c2ccc(F)cc2)nn1-c1ccc(F)cc1. The third kappa shape index (κ3) is 4.27. The fourth-order valence-corrected chi connectivity index (χ4v) is 3.09. The van der Waals surface area contributed by atoms with Gasteiger partial charge in [0.05, 0.1) is 11.4 Å². The number of carbonyl (C=O) groups is 1. The average Bonchev–Trinajstić information content (AvgIpc) is 3.14. The van der Waals surface area contributed by atoms with E-state index in [-0.39, 0.29) is 17.5 Å². The van der Waals surface area contributed by atoms with Gasteiger partial charge < -0.3 is 4.90 Å². The lowest BCUT2D eigenvalue weighted by atomic mass is 10.1. The second-order valence-corrected chi connectivity index (χ2v) is 6.60. The number of amides is 1. The molecule has 0 aliphatic rings. The van der Waals surface area contributed by atoms with E-state index in [0.717, 1.165) is 12.8 Å². The van der Waals surface area contributed by atoms with Crippen LogP contribution < -0.4 is 0 Å². The summed E-state index contributed by atoms with van der Waals surface area (Å²) in [5.41, 5.74) is 2.24. The van der Waals surface area contributed by atoms with E-state index in [1.165, 1.54) is 28.9 Å². The predicted molar refractivity (Wildman–Crippen MR) is 105 cm³/mol. The number of benzene rings is 2. The predicted octanol–water partition coefficient (Wildman–Crippen LogP) is 5.08. The van der Waals surface area contributed by atoms with Crippen molar-refractivity contribution in [1.29, 1.82) is 0 Å². The van der Waals surface area contributed by atoms with E-state index < -0.39 is 0 Å². The van der Waals surface area contributed by atoms with Crippen LogP contribution in [0.25, 0.3) is 16.9 Å². The van der Waals surface area contributed by atoms with Gasteiger partial charge in [-0.05, 0) is 67.4 Å². The molecule has 3 aromatic rings. The maximum atomic E-state index is 13.4. The van der Waals surface area contributed by atoms with Gasteiger partial charge in [-0.2, -0.15) is 5.10 Å². The Kier molecular flexibility index (Phi) is 6.19. The maximum Gasteiger partial charge on any atom is 0.272 e. The first-order valence-corrected chi connectivity index (χ1v) is 9.44. The van der Waals surface area contributed by atoms with Crippen LogP contribution in [0.1, 0.15) is 37.2 Å². The van der Waals surface area contributed by atoms with Gasteiger partial charge in [0.1, 0.15) is 17.3 Å². The van der Waals surface area contributed by atoms with Gasteiger partial charge in [-0.15, -0.1) is 0 Å². The molecular formula is C22H23F2N3O. The number of hydrogen-bond donors (Lipinski definition) is 0. The van der Waals surface area contributed by atoms with E-state index in [1.807, 2.05) is 13.8 Å². The monoisotopic (exact) mass is 383 g/mol. The number of carbonyl (C=O) groups excluding carboxylic acids is 1. The van der Waals surface area contributed by atoms with Crippen molar-refractivity contribution in [3.63, 3.8) is 0 Å². The first kappa shape index (κ1) is 19.7. The molecule has 0 spiro atoms. The van der Waals surface area contributed by atoms with Gasteiger partial charge in [0.25, 0.3) is 5.91 Å². The Morgan fingerprint density at radius 3 is 2.00 bits per heavy atom. The number of nitrogens with zero attached hydrogens (tertiary/aromatic N) is 3. The molecule has 0 atom stereocenters. The zero-order valence-corrected chi connectivity index (χ0v) is 16.0. The molecule has 0 saturated carbocycles. The summed E-state index contributed by atoms with van der Waals surface area (Å²) < 4.78 is 28.2. The third-order valence-electron chi connectivity index (χ3n) is 4.41. The molecule has 0 saturated heterocycles. The van der Waals surface area contributed by atoms with E-state index in [2.05, 4.69) is 5.10 Å². The van der Waals surface area contributed by atoms with Crippen molar-refractivity contribution >= 4 is 5.91 Å². The molecule has 0 aliphatic heterocycles. The van der Waals surface area contributed by atoms with Crippen LogP contribution in [0.5, 0.6) is 0 Å². The molecule has 1 aromatic heterocycles. The van der Waals surface area contributed by atoms with Gasteiger partial charge in [-0.3, -0.25) is 4.79 Å². The number of aromatic nitrogens is 2. The molecule has 146 valence electrons. The summed E-state index contributed by atoms with van der Waals surface area (Å²) in [6, 6.07) is 13.5. The van der Waals surface area contributed by atoms with Crippen LogP contribution in [0.4, 0.5) is 8.78 Å². The fourth-order valence-electron chi connectivity index (χ4n) is 3.09. The Balaban J connectivity index is 2.08. The summed E-state index contributed by atoms with van der Waals surface area (Å²) in [5, 5.41) is 4.56. The van der Waals surface area contributed by atoms with E-state index in [0.29, 0.717) is 35.7 Å². The fraction of sp³-hybridized carbons (Fsp3) is 0.273. The van der Waals surface area contributed by atoms with E-state index in [1.54, 1.807) is 35.2 Å². The Hall–Kier alpha value is -3.02. The minimum atomic E-state index is -0.360. The molecule has 2 aromatic carbocycles. The molecule has 0 unspecified atom stereocenters. The van der Waals surface area contributed by atoms with Gasteiger partial charge in [0.15, 0.2) is 0 Å². The number of hydrogen-bond acceptors (Lipinski definition) is 2. The Morgan fingerprint density at radius 2 is 1.46 bits per heavy atom. The minimum absolute atomic E-state index is 0.131. The van der Waals surface area contributed by atoms with Crippen molar-refractivity contribution in [3.05, 3.63) is 71.9 Å². The topological polar surface area (TPSA) is 38.1 Å². The standard InChI is InChI=1S/C22H23F2N3O/c1-3-13-26(14-4-2)22(28)21-15-20(16-5-7-17(23)8-6-16)25-27(21)19-11-9-18(24)10-12-19/h5-12,15H,3-4,13-14H2,1-2H3. The molecule has 0 fully saturated rings. The van der Waals surface area contributed by atoms with Crippen LogP contribution in [0.2, 0.25) is 0 Å². The van der Waals surface area contributed by atoms with Crippen molar-refractivity contribution in [2.75, 3.05) is 13.1 Å². The van der Waals surface area contributed by atoms with Crippen molar-refractivity contribution < 1.29 is 13.6 Å². The molecule has 28 heavy (non-hydrogen) atoms. The second-order valence-electron chi connectivity index (χ2n) is 6.60. The molecule has 6 heteroatoms. The second kappa shape index (κ2) is 8.78. The summed E-state index contributed by atoms with van der Waals surface area (Å²) in [7, 11) is 0. The normalized spacial score (nSPS) is 10.9. The highest BCUT2D eigenvalue weighted by atomic mass is 19.1. The maximum absolute atomic E-state index is 13.4. The van der Waals surface area contributed by atoms with Crippen molar-refractivity contribution in [1.82, 2.24) is 14.7 Å². The molecule has 4 nitrogen and oxygen atoms in total. The molecule has 0 aliphatic carbocycles. The van der Waals surface area contributed by atoms with Gasteiger partial charge in [-0.1, -0.05) is 13.8 Å². The molecule has 1 heterocycles. The largest absolute Gasteiger partial charge is 0.337 e. The van der Waals surface area contributed by atoms with Gasteiger partial charge in [0.2, 0.25) is 0 Å². The summed E-state index contributed by atoms with van der Waals surface area (Å²) in [6.07, 6.45) is 1.70. The lowest BCUT2D eigenvalue weighted by molar-refractivity contribution is 0.0746. The lowest BCUT2D eigenvalue weighted by Gasteiger charge is -2.21. The van der Waals surface area contributed by atoms with Crippen LogP contribution in [0.15, 0.2) is 54.6 Å². The van der Waals surface area contributed by atoms with E-state index >= 15 is 0 Å². The molecule has 3 rings (SSSR count). The molecule has 0 N–H and O–H groups in total. The molecule has 1 amide bonds. The average molecular weight is 383 g/mol. The zero-order valence-electron chi connectivity index (χ0n) is 16.0. The van der Waals surface area contributed by atoms with Crippen LogP contribution in [0, 0.1) is 11.6 Å². The van der Waals surface area contributed by atoms with E-state index in [9.17, 15) is 13.6 Å². The minimum Gasteiger partial charge on any atom is -0.337 e. The number of halogens is 2. The quantitative estimate of drug-likeness (QED) is 0.571.